The molecule has 0 saturated heterocycles. The molecule has 2 aromatic rings. The van der Waals surface area contributed by atoms with Crippen molar-refractivity contribution in [2.75, 3.05) is 11.9 Å². The van der Waals surface area contributed by atoms with Gasteiger partial charge in [0.05, 0.1) is 11.0 Å². The summed E-state index contributed by atoms with van der Waals surface area (Å²) < 4.78 is 5.69. The largest absolute Gasteiger partial charge is 0.491 e. The normalized spacial score (nSPS) is 11.7. The summed E-state index contributed by atoms with van der Waals surface area (Å²) in [5.41, 5.74) is 2.11. The van der Waals surface area contributed by atoms with Gasteiger partial charge in [0.25, 0.3) is 5.69 Å². The van der Waals surface area contributed by atoms with Crippen LogP contribution in [0.5, 0.6) is 5.75 Å². The van der Waals surface area contributed by atoms with Gasteiger partial charge in [-0.1, -0.05) is 17.7 Å². The fraction of sp³-hybridized carbons (Fsp3) is 0.250. The van der Waals surface area contributed by atoms with E-state index in [0.29, 0.717) is 6.61 Å². The van der Waals surface area contributed by atoms with Crippen LogP contribution in [0.3, 0.4) is 0 Å². The highest BCUT2D eigenvalue weighted by molar-refractivity contribution is 5.49. The highest BCUT2D eigenvalue weighted by Gasteiger charge is 2.06. The highest BCUT2D eigenvalue weighted by Crippen LogP contribution is 2.17. The molecule has 0 saturated carbocycles. The Hall–Kier alpha value is -2.56. The number of nitro groups is 1. The van der Waals surface area contributed by atoms with Gasteiger partial charge in [0.1, 0.15) is 12.4 Å². The van der Waals surface area contributed by atoms with Gasteiger partial charge in [0.15, 0.2) is 0 Å². The highest BCUT2D eigenvalue weighted by atomic mass is 16.6. The van der Waals surface area contributed by atoms with Crippen molar-refractivity contribution in [1.29, 1.82) is 0 Å². The Labute approximate surface area is 123 Å². The molecule has 21 heavy (non-hydrogen) atoms. The molecule has 110 valence electrons. The number of nitrogens with zero attached hydrogens (tertiary/aromatic N) is 1. The molecular weight excluding hydrogens is 268 g/mol. The van der Waals surface area contributed by atoms with Crippen molar-refractivity contribution in [3.63, 3.8) is 0 Å². The first-order chi connectivity index (χ1) is 10.0. The molecule has 0 radical (unpaired) electrons. The molecule has 0 aromatic heterocycles. The summed E-state index contributed by atoms with van der Waals surface area (Å²) in [4.78, 5) is 10.2. The number of aryl methyl sites for hydroxylation is 1. The number of ether oxygens (including phenoxy) is 1. The van der Waals surface area contributed by atoms with E-state index in [-0.39, 0.29) is 11.7 Å². The number of nitro benzene ring substituents is 1. The standard InChI is InChI=1S/C16H18N2O3/c1-12-3-9-16(10-4-12)21-11-13(2)17-14-5-7-15(8-6-14)18(19)20/h3-10,13,17H,11H2,1-2H3. The molecule has 2 aromatic carbocycles. The van der Waals surface area contributed by atoms with E-state index in [0.717, 1.165) is 11.4 Å². The van der Waals surface area contributed by atoms with Crippen LogP contribution in [0.2, 0.25) is 0 Å². The minimum absolute atomic E-state index is 0.0871. The number of nitrogens with one attached hydrogen (secondary N) is 1. The van der Waals surface area contributed by atoms with Gasteiger partial charge in [0.2, 0.25) is 0 Å². The van der Waals surface area contributed by atoms with E-state index >= 15 is 0 Å². The molecule has 5 heteroatoms. The molecule has 0 spiro atoms. The van der Waals surface area contributed by atoms with Crippen LogP contribution in [-0.2, 0) is 0 Å². The summed E-state index contributed by atoms with van der Waals surface area (Å²) >= 11 is 0. The second-order valence-corrected chi connectivity index (χ2v) is 4.97. The predicted molar refractivity (Wildman–Crippen MR) is 82.9 cm³/mol. The topological polar surface area (TPSA) is 64.4 Å². The molecule has 0 aliphatic heterocycles. The molecule has 2 rings (SSSR count). The lowest BCUT2D eigenvalue weighted by atomic mass is 10.2. The smallest absolute Gasteiger partial charge is 0.269 e. The number of hydrogen-bond acceptors (Lipinski definition) is 4. The van der Waals surface area contributed by atoms with Crippen LogP contribution in [0.15, 0.2) is 48.5 Å². The lowest BCUT2D eigenvalue weighted by molar-refractivity contribution is -0.384. The van der Waals surface area contributed by atoms with Crippen LogP contribution >= 0.6 is 0 Å². The third kappa shape index (κ3) is 4.49. The van der Waals surface area contributed by atoms with Gasteiger partial charge in [-0.2, -0.15) is 0 Å². The summed E-state index contributed by atoms with van der Waals surface area (Å²) in [5.74, 6) is 0.831. The Bertz CT molecular complexity index is 594. The maximum absolute atomic E-state index is 10.6. The fourth-order valence-electron chi connectivity index (χ4n) is 1.86. The van der Waals surface area contributed by atoms with E-state index < -0.39 is 4.92 Å². The molecule has 0 aliphatic rings. The monoisotopic (exact) mass is 286 g/mol. The van der Waals surface area contributed by atoms with Gasteiger partial charge in [-0.25, -0.2) is 0 Å². The van der Waals surface area contributed by atoms with Crippen LogP contribution in [0.25, 0.3) is 0 Å². The zero-order chi connectivity index (χ0) is 15.2. The van der Waals surface area contributed by atoms with Crippen LogP contribution in [0.1, 0.15) is 12.5 Å². The minimum Gasteiger partial charge on any atom is -0.491 e. The van der Waals surface area contributed by atoms with Crippen LogP contribution in [-0.4, -0.2) is 17.6 Å². The van der Waals surface area contributed by atoms with Gasteiger partial charge < -0.3 is 10.1 Å². The maximum atomic E-state index is 10.6. The summed E-state index contributed by atoms with van der Waals surface area (Å²) in [6.45, 7) is 4.54. The molecule has 0 bridgehead atoms. The number of hydrogen-bond donors (Lipinski definition) is 1. The molecule has 1 atom stereocenters. The van der Waals surface area contributed by atoms with E-state index in [1.165, 1.54) is 17.7 Å². The minimum atomic E-state index is -0.409. The first kappa shape index (κ1) is 14.8. The Morgan fingerprint density at radius 1 is 1.14 bits per heavy atom. The average Bonchev–Trinajstić information content (AvgIpc) is 2.47. The summed E-state index contributed by atoms with van der Waals surface area (Å²) in [6.07, 6.45) is 0. The van der Waals surface area contributed by atoms with E-state index in [1.807, 2.05) is 38.1 Å². The number of rotatable bonds is 6. The van der Waals surface area contributed by atoms with Crippen molar-refractivity contribution in [2.24, 2.45) is 0 Å². The Morgan fingerprint density at radius 3 is 2.33 bits per heavy atom. The average molecular weight is 286 g/mol. The Balaban J connectivity index is 1.85. The van der Waals surface area contributed by atoms with Gasteiger partial charge in [-0.3, -0.25) is 10.1 Å². The molecule has 0 fully saturated rings. The quantitative estimate of drug-likeness (QED) is 0.648. The lowest BCUT2D eigenvalue weighted by Crippen LogP contribution is -2.23. The number of benzene rings is 2. The molecule has 1 N–H and O–H groups in total. The second kappa shape index (κ2) is 6.74. The van der Waals surface area contributed by atoms with Crippen molar-refractivity contribution in [2.45, 2.75) is 19.9 Å². The van der Waals surface area contributed by atoms with Crippen LogP contribution < -0.4 is 10.1 Å². The third-order valence-electron chi connectivity index (χ3n) is 3.01. The Kier molecular flexibility index (Phi) is 4.77. The van der Waals surface area contributed by atoms with E-state index in [9.17, 15) is 10.1 Å². The summed E-state index contributed by atoms with van der Waals surface area (Å²) in [7, 11) is 0. The lowest BCUT2D eigenvalue weighted by Gasteiger charge is -2.16. The number of non-ortho nitro benzene ring substituents is 1. The molecule has 1 unspecified atom stereocenters. The predicted octanol–water partition coefficient (Wildman–Crippen LogP) is 3.78. The second-order valence-electron chi connectivity index (χ2n) is 4.97. The van der Waals surface area contributed by atoms with Crippen molar-refractivity contribution >= 4 is 11.4 Å². The SMILES string of the molecule is Cc1ccc(OCC(C)Nc2ccc([N+](=O)[O-])cc2)cc1. The maximum Gasteiger partial charge on any atom is 0.269 e. The van der Waals surface area contributed by atoms with Gasteiger partial charge in [0, 0.05) is 17.8 Å². The van der Waals surface area contributed by atoms with Gasteiger partial charge in [-0.05, 0) is 38.1 Å². The fourth-order valence-corrected chi connectivity index (χ4v) is 1.86. The molecule has 0 amide bonds. The molecular formula is C16H18N2O3. The van der Waals surface area contributed by atoms with Gasteiger partial charge >= 0.3 is 0 Å². The van der Waals surface area contributed by atoms with Crippen LogP contribution in [0.4, 0.5) is 11.4 Å². The third-order valence-corrected chi connectivity index (χ3v) is 3.01. The van der Waals surface area contributed by atoms with E-state index in [4.69, 9.17) is 4.74 Å². The zero-order valence-electron chi connectivity index (χ0n) is 12.1. The summed E-state index contributed by atoms with van der Waals surface area (Å²) in [5, 5.41) is 13.8. The van der Waals surface area contributed by atoms with E-state index in [1.54, 1.807) is 12.1 Å². The number of anilines is 1. The molecule has 0 aliphatic carbocycles. The van der Waals surface area contributed by atoms with Crippen molar-refractivity contribution in [1.82, 2.24) is 0 Å². The molecule has 0 heterocycles. The summed E-state index contributed by atoms with van der Waals surface area (Å²) in [6, 6.07) is 14.3. The van der Waals surface area contributed by atoms with Crippen molar-refractivity contribution in [3.05, 3.63) is 64.2 Å². The Morgan fingerprint density at radius 2 is 1.76 bits per heavy atom. The molecule has 5 nitrogen and oxygen atoms in total. The zero-order valence-corrected chi connectivity index (χ0v) is 12.1. The van der Waals surface area contributed by atoms with Crippen molar-refractivity contribution in [3.8, 4) is 5.75 Å². The first-order valence-electron chi connectivity index (χ1n) is 6.75. The first-order valence-corrected chi connectivity index (χ1v) is 6.75. The van der Waals surface area contributed by atoms with Crippen molar-refractivity contribution < 1.29 is 9.66 Å². The van der Waals surface area contributed by atoms with E-state index in [2.05, 4.69) is 5.32 Å². The van der Waals surface area contributed by atoms with Crippen LogP contribution in [0, 0.1) is 17.0 Å². The van der Waals surface area contributed by atoms with Gasteiger partial charge in [-0.15, -0.1) is 0 Å².